The standard InChI is InChI=1S/C23H28N6O/c1-27-22(19-5-3-2-4-6-19)20-7-9-28(10-8-21(20)26-27)17-18-15-24-23(25-16-18)29-11-13-30-14-12-29/h2-6,15-16H,7-14,17H2,1H3. The number of rotatable bonds is 4. The summed E-state index contributed by atoms with van der Waals surface area (Å²) in [6.07, 6.45) is 5.94. The molecule has 2 aliphatic rings. The minimum absolute atomic E-state index is 0.749. The molecule has 0 aliphatic carbocycles. The lowest BCUT2D eigenvalue weighted by Crippen LogP contribution is -2.37. The molecule has 4 heterocycles. The second kappa shape index (κ2) is 8.53. The molecule has 0 amide bonds. The summed E-state index contributed by atoms with van der Waals surface area (Å²) >= 11 is 0. The number of fused-ring (bicyclic) bond motifs is 1. The largest absolute Gasteiger partial charge is 0.378 e. The number of aromatic nitrogens is 4. The number of nitrogens with zero attached hydrogens (tertiary/aromatic N) is 6. The molecule has 0 N–H and O–H groups in total. The lowest BCUT2D eigenvalue weighted by Gasteiger charge is -2.26. The van der Waals surface area contributed by atoms with Crippen LogP contribution in [0.4, 0.5) is 5.95 Å². The van der Waals surface area contributed by atoms with Gasteiger partial charge in [0.25, 0.3) is 0 Å². The highest BCUT2D eigenvalue weighted by Gasteiger charge is 2.22. The van der Waals surface area contributed by atoms with Crippen LogP contribution < -0.4 is 4.90 Å². The summed E-state index contributed by atoms with van der Waals surface area (Å²) in [6, 6.07) is 10.6. The number of hydrogen-bond acceptors (Lipinski definition) is 6. The summed E-state index contributed by atoms with van der Waals surface area (Å²) in [7, 11) is 2.06. The van der Waals surface area contributed by atoms with E-state index in [1.807, 2.05) is 17.1 Å². The van der Waals surface area contributed by atoms with Gasteiger partial charge in [0.2, 0.25) is 5.95 Å². The third kappa shape index (κ3) is 3.95. The molecule has 0 radical (unpaired) electrons. The van der Waals surface area contributed by atoms with Crippen molar-refractivity contribution in [2.75, 3.05) is 44.3 Å². The van der Waals surface area contributed by atoms with Gasteiger partial charge in [-0.3, -0.25) is 9.58 Å². The number of ether oxygens (including phenoxy) is 1. The molecule has 1 aromatic carbocycles. The van der Waals surface area contributed by atoms with E-state index in [1.54, 1.807) is 0 Å². The summed E-state index contributed by atoms with van der Waals surface area (Å²) < 4.78 is 7.46. The molecule has 0 atom stereocenters. The number of aryl methyl sites for hydroxylation is 1. The maximum absolute atomic E-state index is 5.41. The van der Waals surface area contributed by atoms with Gasteiger partial charge in [-0.2, -0.15) is 5.10 Å². The Kier molecular flexibility index (Phi) is 5.46. The molecule has 7 heteroatoms. The Bertz CT molecular complexity index is 979. The van der Waals surface area contributed by atoms with Crippen molar-refractivity contribution in [1.82, 2.24) is 24.6 Å². The average Bonchev–Trinajstić information content (AvgIpc) is 3.00. The van der Waals surface area contributed by atoms with E-state index in [1.165, 1.54) is 22.5 Å². The Hall–Kier alpha value is -2.77. The van der Waals surface area contributed by atoms with Crippen molar-refractivity contribution in [2.45, 2.75) is 19.4 Å². The molecule has 2 aliphatic heterocycles. The molecule has 30 heavy (non-hydrogen) atoms. The SMILES string of the molecule is Cn1nc2c(c1-c1ccccc1)CCN(Cc1cnc(N3CCOCC3)nc1)CC2. The first kappa shape index (κ1) is 19.2. The van der Waals surface area contributed by atoms with Gasteiger partial charge in [0, 0.05) is 75.3 Å². The summed E-state index contributed by atoms with van der Waals surface area (Å²) in [5.41, 5.74) is 6.29. The van der Waals surface area contributed by atoms with Crippen LogP contribution in [0.3, 0.4) is 0 Å². The number of anilines is 1. The average molecular weight is 405 g/mol. The normalized spacial score (nSPS) is 17.6. The van der Waals surface area contributed by atoms with Gasteiger partial charge in [-0.25, -0.2) is 9.97 Å². The zero-order chi connectivity index (χ0) is 20.3. The molecule has 0 saturated carbocycles. The fourth-order valence-corrected chi connectivity index (χ4v) is 4.46. The van der Waals surface area contributed by atoms with E-state index in [2.05, 4.69) is 57.1 Å². The van der Waals surface area contributed by atoms with Crippen LogP contribution in [-0.2, 0) is 31.2 Å². The number of benzene rings is 1. The van der Waals surface area contributed by atoms with Gasteiger partial charge in [0.05, 0.1) is 24.6 Å². The molecule has 2 aromatic heterocycles. The minimum atomic E-state index is 0.749. The van der Waals surface area contributed by atoms with E-state index in [-0.39, 0.29) is 0 Å². The van der Waals surface area contributed by atoms with Crippen molar-refractivity contribution in [3.05, 3.63) is 59.5 Å². The summed E-state index contributed by atoms with van der Waals surface area (Å²) in [5.74, 6) is 0.808. The molecular formula is C23H28N6O. The highest BCUT2D eigenvalue weighted by atomic mass is 16.5. The van der Waals surface area contributed by atoms with E-state index in [0.29, 0.717) is 0 Å². The predicted molar refractivity (Wildman–Crippen MR) is 116 cm³/mol. The highest BCUT2D eigenvalue weighted by molar-refractivity contribution is 5.65. The molecule has 5 rings (SSSR count). The lowest BCUT2D eigenvalue weighted by atomic mass is 10.0. The fraction of sp³-hybridized carbons (Fsp3) is 0.435. The smallest absolute Gasteiger partial charge is 0.225 e. The van der Waals surface area contributed by atoms with Gasteiger partial charge in [0.1, 0.15) is 0 Å². The van der Waals surface area contributed by atoms with E-state index >= 15 is 0 Å². The molecule has 7 nitrogen and oxygen atoms in total. The minimum Gasteiger partial charge on any atom is -0.378 e. The Morgan fingerprint density at radius 2 is 1.67 bits per heavy atom. The highest BCUT2D eigenvalue weighted by Crippen LogP contribution is 2.28. The van der Waals surface area contributed by atoms with Gasteiger partial charge >= 0.3 is 0 Å². The maximum Gasteiger partial charge on any atom is 0.225 e. The van der Waals surface area contributed by atoms with Crippen LogP contribution in [-0.4, -0.2) is 64.0 Å². The van der Waals surface area contributed by atoms with Crippen LogP contribution in [0.1, 0.15) is 16.8 Å². The van der Waals surface area contributed by atoms with Crippen LogP contribution in [0.5, 0.6) is 0 Å². The lowest BCUT2D eigenvalue weighted by molar-refractivity contribution is 0.122. The van der Waals surface area contributed by atoms with Crippen LogP contribution in [0.25, 0.3) is 11.3 Å². The molecule has 0 unspecified atom stereocenters. The summed E-state index contributed by atoms with van der Waals surface area (Å²) in [6.45, 7) is 6.12. The molecule has 1 saturated heterocycles. The van der Waals surface area contributed by atoms with Crippen molar-refractivity contribution in [3.63, 3.8) is 0 Å². The van der Waals surface area contributed by atoms with Crippen molar-refractivity contribution >= 4 is 5.95 Å². The third-order valence-electron chi connectivity index (χ3n) is 6.01. The second-order valence-corrected chi connectivity index (χ2v) is 8.03. The van der Waals surface area contributed by atoms with Crippen molar-refractivity contribution in [3.8, 4) is 11.3 Å². The van der Waals surface area contributed by atoms with Crippen molar-refractivity contribution in [1.29, 1.82) is 0 Å². The zero-order valence-corrected chi connectivity index (χ0v) is 17.5. The Balaban J connectivity index is 1.26. The molecule has 156 valence electrons. The first-order valence-electron chi connectivity index (χ1n) is 10.7. The first-order valence-corrected chi connectivity index (χ1v) is 10.7. The number of hydrogen-bond donors (Lipinski definition) is 0. The molecule has 0 bridgehead atoms. The Morgan fingerprint density at radius 1 is 0.933 bits per heavy atom. The maximum atomic E-state index is 5.41. The third-order valence-corrected chi connectivity index (χ3v) is 6.01. The van der Waals surface area contributed by atoms with Crippen LogP contribution in [0.15, 0.2) is 42.7 Å². The number of morpholine rings is 1. The first-order chi connectivity index (χ1) is 14.8. The monoisotopic (exact) mass is 404 g/mol. The Morgan fingerprint density at radius 3 is 2.43 bits per heavy atom. The Labute approximate surface area is 177 Å². The van der Waals surface area contributed by atoms with E-state index < -0.39 is 0 Å². The molecule has 3 aromatic rings. The van der Waals surface area contributed by atoms with E-state index in [9.17, 15) is 0 Å². The van der Waals surface area contributed by atoms with Gasteiger partial charge in [-0.15, -0.1) is 0 Å². The second-order valence-electron chi connectivity index (χ2n) is 8.03. The summed E-state index contributed by atoms with van der Waals surface area (Å²) in [5, 5.41) is 4.84. The van der Waals surface area contributed by atoms with Crippen molar-refractivity contribution in [2.24, 2.45) is 7.05 Å². The van der Waals surface area contributed by atoms with Gasteiger partial charge in [-0.05, 0) is 6.42 Å². The van der Waals surface area contributed by atoms with Crippen LogP contribution in [0, 0.1) is 0 Å². The summed E-state index contributed by atoms with van der Waals surface area (Å²) in [4.78, 5) is 13.9. The van der Waals surface area contributed by atoms with E-state index in [4.69, 9.17) is 9.84 Å². The van der Waals surface area contributed by atoms with Gasteiger partial charge in [-0.1, -0.05) is 30.3 Å². The predicted octanol–water partition coefficient (Wildman–Crippen LogP) is 2.31. The van der Waals surface area contributed by atoms with Crippen LogP contribution in [0.2, 0.25) is 0 Å². The van der Waals surface area contributed by atoms with E-state index in [0.717, 1.165) is 70.3 Å². The quantitative estimate of drug-likeness (QED) is 0.665. The van der Waals surface area contributed by atoms with Gasteiger partial charge < -0.3 is 9.64 Å². The molecule has 0 spiro atoms. The topological polar surface area (TPSA) is 59.3 Å². The van der Waals surface area contributed by atoms with Gasteiger partial charge in [0.15, 0.2) is 0 Å². The molecular weight excluding hydrogens is 376 g/mol. The fourth-order valence-electron chi connectivity index (χ4n) is 4.46. The molecule has 1 fully saturated rings. The zero-order valence-electron chi connectivity index (χ0n) is 17.5. The van der Waals surface area contributed by atoms with Crippen LogP contribution >= 0.6 is 0 Å². The van der Waals surface area contributed by atoms with Crippen molar-refractivity contribution < 1.29 is 4.74 Å².